The van der Waals surface area contributed by atoms with Crippen LogP contribution in [-0.4, -0.2) is 29.5 Å². The molecule has 2 atom stereocenters. The quantitative estimate of drug-likeness (QED) is 0.905. The maximum Gasteiger partial charge on any atom is 0.162 e. The Morgan fingerprint density at radius 2 is 2.00 bits per heavy atom. The van der Waals surface area contributed by atoms with Gasteiger partial charge in [-0.3, -0.25) is 5.41 Å². The topological polar surface area (TPSA) is 69.3 Å². The van der Waals surface area contributed by atoms with E-state index < -0.39 is 0 Å². The van der Waals surface area contributed by atoms with Crippen molar-refractivity contribution < 1.29 is 9.47 Å². The predicted octanol–water partition coefficient (Wildman–Crippen LogP) is 2.60. The van der Waals surface area contributed by atoms with Gasteiger partial charge in [0.05, 0.1) is 26.3 Å². The maximum atomic E-state index is 9.30. The Kier molecular flexibility index (Phi) is 3.07. The van der Waals surface area contributed by atoms with E-state index in [1.807, 2.05) is 29.3 Å². The molecule has 0 radical (unpaired) electrons. The SMILES string of the molecule is COc1cc2c(cc1OC)C1C(C#N)SC(=N)N1C=C2. The molecule has 0 aromatic heterocycles. The van der Waals surface area contributed by atoms with E-state index in [-0.39, 0.29) is 11.3 Å². The second kappa shape index (κ2) is 4.76. The van der Waals surface area contributed by atoms with E-state index in [2.05, 4.69) is 6.07 Å². The van der Waals surface area contributed by atoms with E-state index in [9.17, 15) is 5.26 Å². The van der Waals surface area contributed by atoms with Crippen molar-refractivity contribution in [1.82, 2.24) is 4.90 Å². The van der Waals surface area contributed by atoms with Crippen LogP contribution < -0.4 is 9.47 Å². The average molecular weight is 287 g/mol. The first-order valence-corrected chi connectivity index (χ1v) is 6.95. The molecule has 102 valence electrons. The number of nitriles is 1. The van der Waals surface area contributed by atoms with Crippen LogP contribution >= 0.6 is 11.8 Å². The number of hydrogen-bond donors (Lipinski definition) is 1. The first-order chi connectivity index (χ1) is 9.69. The Balaban J connectivity index is 2.15. The molecular formula is C14H13N3O2S. The molecule has 5 nitrogen and oxygen atoms in total. The van der Waals surface area contributed by atoms with Crippen molar-refractivity contribution in [2.45, 2.75) is 11.3 Å². The highest BCUT2D eigenvalue weighted by Crippen LogP contribution is 2.47. The van der Waals surface area contributed by atoms with Crippen molar-refractivity contribution in [2.24, 2.45) is 0 Å². The number of nitrogens with one attached hydrogen (secondary N) is 1. The van der Waals surface area contributed by atoms with Gasteiger partial charge in [0, 0.05) is 6.20 Å². The molecule has 0 amide bonds. The molecule has 20 heavy (non-hydrogen) atoms. The van der Waals surface area contributed by atoms with Crippen molar-refractivity contribution in [3.05, 3.63) is 29.5 Å². The molecule has 0 spiro atoms. The monoisotopic (exact) mass is 287 g/mol. The standard InChI is InChI=1S/C14H13N3O2S/c1-18-10-5-8-3-4-17-13(9(8)6-11(10)19-2)12(7-15)20-14(17)16/h3-6,12-13,16H,1-2H3. The number of rotatable bonds is 2. The number of ether oxygens (including phenoxy) is 2. The van der Waals surface area contributed by atoms with E-state index in [0.717, 1.165) is 11.1 Å². The third kappa shape index (κ3) is 1.74. The lowest BCUT2D eigenvalue weighted by Crippen LogP contribution is -2.27. The highest BCUT2D eigenvalue weighted by Gasteiger charge is 2.41. The number of amidine groups is 1. The summed E-state index contributed by atoms with van der Waals surface area (Å²) in [6.45, 7) is 0. The van der Waals surface area contributed by atoms with E-state index in [1.54, 1.807) is 14.2 Å². The summed E-state index contributed by atoms with van der Waals surface area (Å²) < 4.78 is 10.6. The molecule has 0 aliphatic carbocycles. The van der Waals surface area contributed by atoms with Crippen molar-refractivity contribution in [3.63, 3.8) is 0 Å². The lowest BCUT2D eigenvalue weighted by atomic mass is 9.93. The summed E-state index contributed by atoms with van der Waals surface area (Å²) in [5.41, 5.74) is 1.99. The lowest BCUT2D eigenvalue weighted by molar-refractivity contribution is 0.352. The maximum absolute atomic E-state index is 9.30. The van der Waals surface area contributed by atoms with E-state index in [4.69, 9.17) is 14.9 Å². The van der Waals surface area contributed by atoms with Crippen LogP contribution in [0.3, 0.4) is 0 Å². The zero-order chi connectivity index (χ0) is 14.3. The second-order valence-electron chi connectivity index (χ2n) is 4.48. The van der Waals surface area contributed by atoms with Crippen LogP contribution in [0.5, 0.6) is 11.5 Å². The molecule has 2 unspecified atom stereocenters. The van der Waals surface area contributed by atoms with Gasteiger partial charge in [-0.05, 0) is 29.3 Å². The minimum Gasteiger partial charge on any atom is -0.493 e. The molecule has 1 saturated heterocycles. The van der Waals surface area contributed by atoms with Gasteiger partial charge < -0.3 is 14.4 Å². The average Bonchev–Trinajstić information content (AvgIpc) is 2.82. The number of methoxy groups -OCH3 is 2. The Morgan fingerprint density at radius 3 is 2.65 bits per heavy atom. The summed E-state index contributed by atoms with van der Waals surface area (Å²) in [7, 11) is 3.19. The molecule has 1 N–H and O–H groups in total. The van der Waals surface area contributed by atoms with Gasteiger partial charge >= 0.3 is 0 Å². The Labute approximate surface area is 121 Å². The zero-order valence-electron chi connectivity index (χ0n) is 11.1. The number of thioether (sulfide) groups is 1. The van der Waals surface area contributed by atoms with Gasteiger partial charge in [-0.1, -0.05) is 11.8 Å². The van der Waals surface area contributed by atoms with Gasteiger partial charge in [0.2, 0.25) is 0 Å². The van der Waals surface area contributed by atoms with Crippen LogP contribution in [0, 0.1) is 16.7 Å². The third-order valence-electron chi connectivity index (χ3n) is 3.51. The molecule has 3 rings (SSSR count). The smallest absolute Gasteiger partial charge is 0.162 e. The normalized spacial score (nSPS) is 23.1. The molecule has 6 heteroatoms. The van der Waals surface area contributed by atoms with E-state index in [1.165, 1.54) is 11.8 Å². The molecule has 0 saturated carbocycles. The Morgan fingerprint density at radius 1 is 1.30 bits per heavy atom. The fourth-order valence-electron chi connectivity index (χ4n) is 2.56. The van der Waals surface area contributed by atoms with E-state index >= 15 is 0 Å². The fraction of sp³-hybridized carbons (Fsp3) is 0.286. The Hall–Kier alpha value is -2.13. The molecule has 1 fully saturated rings. The van der Waals surface area contributed by atoms with Crippen LogP contribution in [-0.2, 0) is 0 Å². The minimum absolute atomic E-state index is 0.141. The zero-order valence-corrected chi connectivity index (χ0v) is 11.9. The molecular weight excluding hydrogens is 274 g/mol. The largest absolute Gasteiger partial charge is 0.493 e. The number of hydrogen-bond acceptors (Lipinski definition) is 5. The summed E-state index contributed by atoms with van der Waals surface area (Å²) in [5.74, 6) is 1.31. The number of fused-ring (bicyclic) bond motifs is 3. The van der Waals surface area contributed by atoms with Gasteiger partial charge in [0.15, 0.2) is 16.7 Å². The van der Waals surface area contributed by atoms with Gasteiger partial charge in [-0.15, -0.1) is 0 Å². The fourth-order valence-corrected chi connectivity index (χ4v) is 3.56. The first-order valence-electron chi connectivity index (χ1n) is 6.07. The first kappa shape index (κ1) is 12.9. The molecule has 2 aliphatic rings. The summed E-state index contributed by atoms with van der Waals surface area (Å²) in [5, 5.41) is 17.4. The van der Waals surface area contributed by atoms with Gasteiger partial charge in [-0.25, -0.2) is 0 Å². The lowest BCUT2D eigenvalue weighted by Gasteiger charge is -2.29. The van der Waals surface area contributed by atoms with Crippen molar-refractivity contribution >= 4 is 23.0 Å². The highest BCUT2D eigenvalue weighted by atomic mass is 32.2. The minimum atomic E-state index is -0.288. The van der Waals surface area contributed by atoms with Crippen LogP contribution in [0.2, 0.25) is 0 Å². The molecule has 0 bridgehead atoms. The van der Waals surface area contributed by atoms with Crippen LogP contribution in [0.25, 0.3) is 6.08 Å². The van der Waals surface area contributed by atoms with Crippen LogP contribution in [0.1, 0.15) is 17.2 Å². The summed E-state index contributed by atoms with van der Waals surface area (Å²) in [4.78, 5) is 1.83. The molecule has 2 aliphatic heterocycles. The van der Waals surface area contributed by atoms with Crippen molar-refractivity contribution in [3.8, 4) is 17.6 Å². The predicted molar refractivity (Wildman–Crippen MR) is 77.9 cm³/mol. The van der Waals surface area contributed by atoms with Gasteiger partial charge in [-0.2, -0.15) is 5.26 Å². The summed E-state index contributed by atoms with van der Waals surface area (Å²) in [6, 6.07) is 5.94. The molecule has 1 aromatic rings. The van der Waals surface area contributed by atoms with Crippen molar-refractivity contribution in [1.29, 1.82) is 10.7 Å². The highest BCUT2D eigenvalue weighted by molar-refractivity contribution is 8.14. The Bertz CT molecular complexity index is 651. The van der Waals surface area contributed by atoms with E-state index in [0.29, 0.717) is 16.7 Å². The summed E-state index contributed by atoms with van der Waals surface area (Å²) >= 11 is 1.28. The summed E-state index contributed by atoms with van der Waals surface area (Å²) in [6.07, 6.45) is 3.79. The van der Waals surface area contributed by atoms with Gasteiger partial charge in [0.1, 0.15) is 5.25 Å². The second-order valence-corrected chi connectivity index (χ2v) is 5.61. The van der Waals surface area contributed by atoms with Crippen LogP contribution in [0.15, 0.2) is 18.3 Å². The van der Waals surface area contributed by atoms with Crippen LogP contribution in [0.4, 0.5) is 0 Å². The van der Waals surface area contributed by atoms with Crippen molar-refractivity contribution in [2.75, 3.05) is 14.2 Å². The number of nitrogens with zero attached hydrogens (tertiary/aromatic N) is 2. The third-order valence-corrected chi connectivity index (χ3v) is 4.56. The molecule has 1 aromatic carbocycles. The number of benzene rings is 1. The van der Waals surface area contributed by atoms with Gasteiger partial charge in [0.25, 0.3) is 0 Å². The molecule has 2 heterocycles.